The number of terminal acetylenes is 1. The fourth-order valence-corrected chi connectivity index (χ4v) is 8.60. The van der Waals surface area contributed by atoms with Gasteiger partial charge in [0.25, 0.3) is 0 Å². The molecule has 0 radical (unpaired) electrons. The van der Waals surface area contributed by atoms with Gasteiger partial charge in [-0.2, -0.15) is 8.78 Å². The fourth-order valence-electron chi connectivity index (χ4n) is 8.60. The van der Waals surface area contributed by atoms with Crippen LogP contribution in [0.5, 0.6) is 23.0 Å². The smallest absolute Gasteiger partial charge is 0.204 e. The van der Waals surface area contributed by atoms with Crippen LogP contribution in [-0.2, 0) is 5.41 Å². The van der Waals surface area contributed by atoms with Gasteiger partial charge in [0.15, 0.2) is 52.2 Å². The van der Waals surface area contributed by atoms with Gasteiger partial charge in [-0.15, -0.1) is 6.42 Å². The lowest BCUT2D eigenvalue weighted by molar-refractivity contribution is 0.102. The number of aromatic hydroxyl groups is 1. The number of ketones is 2. The van der Waals surface area contributed by atoms with Gasteiger partial charge in [-0.3, -0.25) is 9.59 Å². The molecule has 0 amide bonds. The molecule has 8 rings (SSSR count). The standard InChI is InChI=1S/C29H16F8O4.C29H26O/c1-11(2)16-19(30)21(32)17(22(33)20(16)31)27(38)12-3-7-14(8-4-12)41-15-9-5-13(6-10-15)28(39)18-23(34)25(36)29(40)26(37)24(18)35;1-5-7-12-22(6-2)29(23-17-19-24(20-18-23)30-21(3)4)27-15-10-8-13-25(27)26-14-9-11-16-28(26)29/h3-11,40H,1-2H3;1,6-21H,2-4H3/b;12-7-,22-6+. The minimum atomic E-state index is -2.14. The molecule has 360 valence electrons. The summed E-state index contributed by atoms with van der Waals surface area (Å²) in [4.78, 5) is 25.1. The van der Waals surface area contributed by atoms with Gasteiger partial charge in [-0.05, 0) is 133 Å². The number of carbonyl (C=O) groups excluding carboxylic acids is 2. The van der Waals surface area contributed by atoms with Gasteiger partial charge in [-0.1, -0.05) is 86.5 Å². The highest BCUT2D eigenvalue weighted by atomic mass is 19.2. The average molecular weight is 971 g/mol. The predicted molar refractivity (Wildman–Crippen MR) is 254 cm³/mol. The summed E-state index contributed by atoms with van der Waals surface area (Å²) >= 11 is 0. The van der Waals surface area contributed by atoms with E-state index in [1.807, 2.05) is 13.8 Å². The van der Waals surface area contributed by atoms with Crippen LogP contribution in [0.2, 0.25) is 0 Å². The maximum absolute atomic E-state index is 14.5. The van der Waals surface area contributed by atoms with E-state index in [4.69, 9.17) is 21.0 Å². The molecule has 0 aliphatic heterocycles. The minimum absolute atomic E-state index is 0.0372. The van der Waals surface area contributed by atoms with Crippen molar-refractivity contribution in [3.8, 4) is 46.5 Å². The molecule has 0 saturated carbocycles. The topological polar surface area (TPSA) is 72.8 Å². The van der Waals surface area contributed by atoms with Crippen LogP contribution < -0.4 is 9.47 Å². The van der Waals surface area contributed by atoms with Gasteiger partial charge in [-0.25, -0.2) is 26.3 Å². The van der Waals surface area contributed by atoms with Crippen molar-refractivity contribution in [1.82, 2.24) is 0 Å². The first kappa shape index (κ1) is 50.6. The first-order valence-corrected chi connectivity index (χ1v) is 22.0. The molecule has 0 aromatic heterocycles. The summed E-state index contributed by atoms with van der Waals surface area (Å²) in [5.41, 5.74) is 2.51. The highest BCUT2D eigenvalue weighted by Crippen LogP contribution is 2.56. The second-order valence-electron chi connectivity index (χ2n) is 16.8. The molecule has 1 aliphatic rings. The predicted octanol–water partition coefficient (Wildman–Crippen LogP) is 14.8. The summed E-state index contributed by atoms with van der Waals surface area (Å²) < 4.78 is 124. The Morgan fingerprint density at radius 1 is 0.577 bits per heavy atom. The van der Waals surface area contributed by atoms with E-state index < -0.39 is 97.4 Å². The Balaban J connectivity index is 0.000000219. The van der Waals surface area contributed by atoms with Crippen LogP contribution in [0.4, 0.5) is 35.1 Å². The Hall–Kier alpha value is -8.24. The van der Waals surface area contributed by atoms with Gasteiger partial charge >= 0.3 is 0 Å². The molecule has 5 nitrogen and oxygen atoms in total. The molecule has 0 unspecified atom stereocenters. The van der Waals surface area contributed by atoms with Crippen LogP contribution in [0.25, 0.3) is 11.1 Å². The van der Waals surface area contributed by atoms with Crippen LogP contribution in [0.3, 0.4) is 0 Å². The largest absolute Gasteiger partial charge is 0.503 e. The van der Waals surface area contributed by atoms with Gasteiger partial charge in [0.1, 0.15) is 28.4 Å². The zero-order valence-electron chi connectivity index (χ0n) is 38.6. The Morgan fingerprint density at radius 3 is 1.38 bits per heavy atom. The Labute approximate surface area is 404 Å². The Bertz CT molecular complexity index is 3190. The zero-order valence-corrected chi connectivity index (χ0v) is 38.6. The lowest BCUT2D eigenvalue weighted by Crippen LogP contribution is -2.29. The van der Waals surface area contributed by atoms with E-state index in [0.717, 1.165) is 47.7 Å². The van der Waals surface area contributed by atoms with Crippen molar-refractivity contribution in [2.75, 3.05) is 0 Å². The van der Waals surface area contributed by atoms with E-state index in [2.05, 4.69) is 97.8 Å². The SMILES string of the molecule is C#C/C=C\C(=C/C)C1(c2ccc(OC(C)C)cc2)c2ccccc2-c2ccccc21.CC(C)c1c(F)c(F)c(C(=O)c2ccc(Oc3ccc(C(=O)c4c(F)c(F)c(O)c(F)c4F)cc3)cc2)c(F)c1F. The van der Waals surface area contributed by atoms with Crippen molar-refractivity contribution >= 4 is 11.6 Å². The van der Waals surface area contributed by atoms with Crippen molar-refractivity contribution in [1.29, 1.82) is 0 Å². The number of hydrogen-bond donors (Lipinski definition) is 1. The number of benzene rings is 7. The first-order valence-electron chi connectivity index (χ1n) is 22.0. The third-order valence-electron chi connectivity index (χ3n) is 11.8. The van der Waals surface area contributed by atoms with E-state index >= 15 is 0 Å². The van der Waals surface area contributed by atoms with E-state index in [1.54, 1.807) is 6.08 Å². The molecule has 0 heterocycles. The fraction of sp³-hybridized carbons (Fsp3) is 0.138. The number of allylic oxidation sites excluding steroid dienone is 4. The van der Waals surface area contributed by atoms with E-state index in [1.165, 1.54) is 53.8 Å². The maximum atomic E-state index is 14.5. The quantitative estimate of drug-likeness (QED) is 0.0434. The summed E-state index contributed by atoms with van der Waals surface area (Å²) in [6.07, 6.45) is 11.8. The Morgan fingerprint density at radius 2 is 0.986 bits per heavy atom. The number of phenolic OH excluding ortho intramolecular Hbond substituents is 1. The molecule has 0 fully saturated rings. The van der Waals surface area contributed by atoms with Gasteiger partial charge < -0.3 is 14.6 Å². The normalized spacial score (nSPS) is 12.6. The molecule has 0 atom stereocenters. The first-order chi connectivity index (χ1) is 33.9. The number of hydrogen-bond acceptors (Lipinski definition) is 5. The monoisotopic (exact) mass is 970 g/mol. The van der Waals surface area contributed by atoms with Crippen LogP contribution in [0.15, 0.2) is 145 Å². The molecule has 71 heavy (non-hydrogen) atoms. The van der Waals surface area contributed by atoms with Crippen LogP contribution in [0.1, 0.15) is 94.6 Å². The molecule has 1 aliphatic carbocycles. The van der Waals surface area contributed by atoms with E-state index in [-0.39, 0.29) is 23.2 Å². The molecule has 7 aromatic rings. The Kier molecular flexibility index (Phi) is 14.8. The van der Waals surface area contributed by atoms with Crippen molar-refractivity contribution < 1.29 is 59.3 Å². The molecule has 0 bridgehead atoms. The third-order valence-corrected chi connectivity index (χ3v) is 11.8. The van der Waals surface area contributed by atoms with E-state index in [9.17, 15) is 44.7 Å². The van der Waals surface area contributed by atoms with Gasteiger partial charge in [0.2, 0.25) is 11.6 Å². The number of phenols is 1. The van der Waals surface area contributed by atoms with Crippen LogP contribution in [0, 0.1) is 58.9 Å². The molecular formula is C58H42F8O5. The number of fused-ring (bicyclic) bond motifs is 3. The van der Waals surface area contributed by atoms with Crippen LogP contribution >= 0.6 is 0 Å². The average Bonchev–Trinajstić information content (AvgIpc) is 3.66. The molecule has 13 heteroatoms. The van der Waals surface area contributed by atoms with Crippen molar-refractivity contribution in [3.63, 3.8) is 0 Å². The molecule has 1 N–H and O–H groups in total. The summed E-state index contributed by atoms with van der Waals surface area (Å²) in [5.74, 6) is -17.4. The summed E-state index contributed by atoms with van der Waals surface area (Å²) in [6.45, 7) is 8.81. The number of ether oxygens (including phenoxy) is 2. The van der Waals surface area contributed by atoms with E-state index in [0.29, 0.717) is 0 Å². The minimum Gasteiger partial charge on any atom is -0.503 e. The van der Waals surface area contributed by atoms with Gasteiger partial charge in [0.05, 0.1) is 11.5 Å². The van der Waals surface area contributed by atoms with Crippen molar-refractivity contribution in [2.24, 2.45) is 0 Å². The molecule has 0 saturated heterocycles. The van der Waals surface area contributed by atoms with Crippen molar-refractivity contribution in [2.45, 2.75) is 52.1 Å². The van der Waals surface area contributed by atoms with Crippen molar-refractivity contribution in [3.05, 3.63) is 236 Å². The number of halogens is 8. The second kappa shape index (κ2) is 20.8. The summed E-state index contributed by atoms with van der Waals surface area (Å²) in [7, 11) is 0. The van der Waals surface area contributed by atoms with Gasteiger partial charge in [0, 0.05) is 16.7 Å². The molecular weight excluding hydrogens is 929 g/mol. The maximum Gasteiger partial charge on any atom is 0.204 e. The highest BCUT2D eigenvalue weighted by molar-refractivity contribution is 6.10. The molecule has 0 spiro atoms. The molecule has 7 aromatic carbocycles. The second-order valence-corrected chi connectivity index (χ2v) is 16.8. The summed E-state index contributed by atoms with van der Waals surface area (Å²) in [5, 5.41) is 9.06. The van der Waals surface area contributed by atoms with Crippen LogP contribution in [-0.4, -0.2) is 22.8 Å². The summed E-state index contributed by atoms with van der Waals surface area (Å²) in [6, 6.07) is 34.7. The highest BCUT2D eigenvalue weighted by Gasteiger charge is 2.46. The lowest BCUT2D eigenvalue weighted by atomic mass is 9.67. The number of carbonyl (C=O) groups is 2. The lowest BCUT2D eigenvalue weighted by Gasteiger charge is -2.34. The zero-order chi connectivity index (χ0) is 51.5. The number of rotatable bonds is 12. The third kappa shape index (κ3) is 9.33.